The first-order chi connectivity index (χ1) is 8.58. The zero-order valence-corrected chi connectivity index (χ0v) is 12.9. The molecule has 1 N–H and O–H groups in total. The van der Waals surface area contributed by atoms with Crippen LogP contribution in [0, 0.1) is 6.92 Å². The zero-order chi connectivity index (χ0) is 13.1. The second-order valence-corrected chi connectivity index (χ2v) is 5.70. The van der Waals surface area contributed by atoms with Gasteiger partial charge in [0.2, 0.25) is 0 Å². The molecule has 0 heterocycles. The summed E-state index contributed by atoms with van der Waals surface area (Å²) < 4.78 is 0.904. The van der Waals surface area contributed by atoms with Crippen LogP contribution in [-0.4, -0.2) is 0 Å². The number of nitrogens with one attached hydrogen (secondary N) is 1. The maximum Gasteiger partial charge on any atom is 0.0640 e. The van der Waals surface area contributed by atoms with Gasteiger partial charge in [-0.25, -0.2) is 0 Å². The molecule has 0 aliphatic rings. The number of aryl methyl sites for hydroxylation is 1. The Labute approximate surface area is 125 Å². The average Bonchev–Trinajstić information content (AvgIpc) is 2.33. The molecule has 0 saturated heterocycles. The largest absolute Gasteiger partial charge is 0.380 e. The summed E-state index contributed by atoms with van der Waals surface area (Å²) in [6.07, 6.45) is 0. The predicted octanol–water partition coefficient (Wildman–Crippen LogP) is 5.68. The van der Waals surface area contributed by atoms with E-state index in [1.54, 1.807) is 0 Å². The summed E-state index contributed by atoms with van der Waals surface area (Å²) in [5.41, 5.74) is 3.21. The molecule has 1 nitrogen and oxygen atoms in total. The van der Waals surface area contributed by atoms with Crippen LogP contribution in [0.3, 0.4) is 0 Å². The van der Waals surface area contributed by atoms with Gasteiger partial charge in [0.05, 0.1) is 15.7 Å². The molecule has 0 fully saturated rings. The third-order valence-corrected chi connectivity index (χ3v) is 4.22. The van der Waals surface area contributed by atoms with Crippen LogP contribution in [-0.2, 0) is 6.54 Å². The zero-order valence-electron chi connectivity index (χ0n) is 9.81. The van der Waals surface area contributed by atoms with Gasteiger partial charge < -0.3 is 5.32 Å². The van der Waals surface area contributed by atoms with Crippen molar-refractivity contribution in [3.8, 4) is 0 Å². The summed E-state index contributed by atoms with van der Waals surface area (Å²) in [7, 11) is 0. The highest BCUT2D eigenvalue weighted by molar-refractivity contribution is 9.10. The van der Waals surface area contributed by atoms with Gasteiger partial charge in [-0.2, -0.15) is 0 Å². The van der Waals surface area contributed by atoms with E-state index in [2.05, 4.69) is 21.2 Å². The maximum atomic E-state index is 6.16. The second-order valence-electron chi connectivity index (χ2n) is 4.03. The average molecular weight is 345 g/mol. The smallest absolute Gasteiger partial charge is 0.0640 e. The summed E-state index contributed by atoms with van der Waals surface area (Å²) in [5.74, 6) is 0. The second kappa shape index (κ2) is 5.96. The third kappa shape index (κ3) is 3.19. The van der Waals surface area contributed by atoms with Gasteiger partial charge >= 0.3 is 0 Å². The normalized spacial score (nSPS) is 10.4. The van der Waals surface area contributed by atoms with Gasteiger partial charge in [0, 0.05) is 11.0 Å². The van der Waals surface area contributed by atoms with Gasteiger partial charge in [0.25, 0.3) is 0 Å². The molecule has 4 heteroatoms. The minimum Gasteiger partial charge on any atom is -0.380 e. The van der Waals surface area contributed by atoms with Crippen molar-refractivity contribution in [1.82, 2.24) is 0 Å². The Hall–Kier alpha value is -0.700. The lowest BCUT2D eigenvalue weighted by Gasteiger charge is -2.11. The Morgan fingerprint density at radius 1 is 1.11 bits per heavy atom. The quantitative estimate of drug-likeness (QED) is 0.755. The highest BCUT2D eigenvalue weighted by Gasteiger charge is 2.04. The van der Waals surface area contributed by atoms with Crippen LogP contribution < -0.4 is 5.32 Å². The number of hydrogen-bond donors (Lipinski definition) is 1. The molecule has 0 unspecified atom stereocenters. The van der Waals surface area contributed by atoms with Crippen LogP contribution in [0.4, 0.5) is 5.69 Å². The number of para-hydroxylation sites is 1. The van der Waals surface area contributed by atoms with Crippen molar-refractivity contribution < 1.29 is 0 Å². The van der Waals surface area contributed by atoms with Crippen molar-refractivity contribution in [2.45, 2.75) is 13.5 Å². The van der Waals surface area contributed by atoms with E-state index >= 15 is 0 Å². The number of halogens is 3. The molecule has 0 radical (unpaired) electrons. The van der Waals surface area contributed by atoms with Gasteiger partial charge in [-0.15, -0.1) is 0 Å². The van der Waals surface area contributed by atoms with Crippen molar-refractivity contribution in [3.05, 3.63) is 62.0 Å². The van der Waals surface area contributed by atoms with Gasteiger partial charge in [0.1, 0.15) is 0 Å². The summed E-state index contributed by atoms with van der Waals surface area (Å²) in [5, 5.41) is 4.79. The molecule has 2 aromatic carbocycles. The first kappa shape index (κ1) is 13.7. The Kier molecular flexibility index (Phi) is 4.55. The molecule has 0 amide bonds. The van der Waals surface area contributed by atoms with Gasteiger partial charge in [-0.05, 0) is 52.2 Å². The number of hydrogen-bond acceptors (Lipinski definition) is 1. The van der Waals surface area contributed by atoms with Crippen molar-refractivity contribution in [1.29, 1.82) is 0 Å². The van der Waals surface area contributed by atoms with E-state index in [1.165, 1.54) is 0 Å². The molecule has 2 rings (SSSR count). The van der Waals surface area contributed by atoms with Crippen LogP contribution in [0.25, 0.3) is 0 Å². The fourth-order valence-corrected chi connectivity index (χ4v) is 2.43. The molecule has 0 atom stereocenters. The van der Waals surface area contributed by atoms with Crippen LogP contribution in [0.1, 0.15) is 11.1 Å². The summed E-state index contributed by atoms with van der Waals surface area (Å²) in [6, 6.07) is 11.8. The molecule has 0 aromatic heterocycles. The maximum absolute atomic E-state index is 6.16. The lowest BCUT2D eigenvalue weighted by atomic mass is 10.2. The van der Waals surface area contributed by atoms with Crippen molar-refractivity contribution >= 4 is 44.8 Å². The highest BCUT2D eigenvalue weighted by atomic mass is 79.9. The summed E-state index contributed by atoms with van der Waals surface area (Å²) >= 11 is 15.6. The summed E-state index contributed by atoms with van der Waals surface area (Å²) in [6.45, 7) is 2.72. The molecular weight excluding hydrogens is 333 g/mol. The van der Waals surface area contributed by atoms with Crippen molar-refractivity contribution in [2.24, 2.45) is 0 Å². The van der Waals surface area contributed by atoms with Crippen molar-refractivity contribution in [2.75, 3.05) is 5.32 Å². The molecule has 0 bridgehead atoms. The molecule has 2 aromatic rings. The van der Waals surface area contributed by atoms with Gasteiger partial charge in [-0.3, -0.25) is 0 Å². The lowest BCUT2D eigenvalue weighted by Crippen LogP contribution is -2.01. The van der Waals surface area contributed by atoms with Gasteiger partial charge in [-0.1, -0.05) is 41.4 Å². The molecule has 0 aliphatic carbocycles. The molecule has 94 valence electrons. The van der Waals surface area contributed by atoms with Crippen LogP contribution >= 0.6 is 39.1 Å². The van der Waals surface area contributed by atoms with E-state index in [1.807, 2.05) is 43.3 Å². The van der Waals surface area contributed by atoms with Gasteiger partial charge in [0.15, 0.2) is 0 Å². The summed E-state index contributed by atoms with van der Waals surface area (Å²) in [4.78, 5) is 0. The molecule has 18 heavy (non-hydrogen) atoms. The fourth-order valence-electron chi connectivity index (χ4n) is 1.70. The van der Waals surface area contributed by atoms with E-state index in [4.69, 9.17) is 23.2 Å². The molecular formula is C14H12BrCl2N. The van der Waals surface area contributed by atoms with E-state index in [0.717, 1.165) is 26.3 Å². The Bertz CT molecular complexity index is 549. The van der Waals surface area contributed by atoms with E-state index < -0.39 is 0 Å². The predicted molar refractivity (Wildman–Crippen MR) is 82.7 cm³/mol. The van der Waals surface area contributed by atoms with Crippen LogP contribution in [0.5, 0.6) is 0 Å². The number of anilines is 1. The minimum atomic E-state index is 0.692. The van der Waals surface area contributed by atoms with E-state index in [-0.39, 0.29) is 0 Å². The van der Waals surface area contributed by atoms with E-state index in [0.29, 0.717) is 11.6 Å². The Morgan fingerprint density at radius 3 is 2.56 bits per heavy atom. The van der Waals surface area contributed by atoms with E-state index in [9.17, 15) is 0 Å². The lowest BCUT2D eigenvalue weighted by molar-refractivity contribution is 1.14. The standard InChI is InChI=1S/C14H12BrCl2N/c1-9-3-2-4-12(16)14(9)18-8-10-5-6-11(15)13(17)7-10/h2-7,18H,8H2,1H3. The molecule has 0 saturated carbocycles. The van der Waals surface area contributed by atoms with Crippen LogP contribution in [0.15, 0.2) is 40.9 Å². The number of rotatable bonds is 3. The Balaban J connectivity index is 2.14. The Morgan fingerprint density at radius 2 is 1.89 bits per heavy atom. The minimum absolute atomic E-state index is 0.692. The van der Waals surface area contributed by atoms with Crippen molar-refractivity contribution in [3.63, 3.8) is 0 Å². The first-order valence-corrected chi connectivity index (χ1v) is 7.06. The SMILES string of the molecule is Cc1cccc(Cl)c1NCc1ccc(Br)c(Cl)c1. The third-order valence-electron chi connectivity index (χ3n) is 2.68. The molecule has 0 aliphatic heterocycles. The topological polar surface area (TPSA) is 12.0 Å². The highest BCUT2D eigenvalue weighted by Crippen LogP contribution is 2.27. The number of benzene rings is 2. The molecule has 0 spiro atoms. The first-order valence-electron chi connectivity index (χ1n) is 5.51. The van der Waals surface area contributed by atoms with Crippen LogP contribution in [0.2, 0.25) is 10.0 Å². The monoisotopic (exact) mass is 343 g/mol. The fraction of sp³-hybridized carbons (Fsp3) is 0.143.